The van der Waals surface area contributed by atoms with E-state index in [1.165, 1.54) is 11.8 Å². The fourth-order valence-corrected chi connectivity index (χ4v) is 3.25. The molecule has 0 atom stereocenters. The van der Waals surface area contributed by atoms with Gasteiger partial charge in [-0.2, -0.15) is 5.26 Å². The second-order valence-corrected chi connectivity index (χ2v) is 6.10. The molecule has 1 aliphatic rings. The molecular formula is C14H10BrN3O2S. The molecule has 1 N–H and O–H groups in total. The van der Waals surface area contributed by atoms with Crippen molar-refractivity contribution in [3.63, 3.8) is 0 Å². The molecule has 106 valence electrons. The van der Waals surface area contributed by atoms with E-state index in [0.29, 0.717) is 17.5 Å². The van der Waals surface area contributed by atoms with Gasteiger partial charge in [0.05, 0.1) is 16.8 Å². The van der Waals surface area contributed by atoms with Gasteiger partial charge in [0.1, 0.15) is 17.4 Å². The van der Waals surface area contributed by atoms with Crippen LogP contribution in [0.4, 0.5) is 0 Å². The number of nitriles is 1. The minimum absolute atomic E-state index is 0.0264. The van der Waals surface area contributed by atoms with Crippen molar-refractivity contribution in [3.8, 4) is 23.1 Å². The molecule has 0 saturated heterocycles. The summed E-state index contributed by atoms with van der Waals surface area (Å²) in [6.07, 6.45) is 2.63. The number of hydrogen-bond acceptors (Lipinski definition) is 5. The Kier molecular flexibility index (Phi) is 3.74. The minimum Gasteiger partial charge on any atom is -0.492 e. The van der Waals surface area contributed by atoms with Gasteiger partial charge in [0.2, 0.25) is 0 Å². The predicted octanol–water partition coefficient (Wildman–Crippen LogP) is 2.73. The number of thioether (sulfide) groups is 1. The number of nitrogens with zero attached hydrogens (tertiary/aromatic N) is 2. The van der Waals surface area contributed by atoms with Gasteiger partial charge < -0.3 is 9.72 Å². The summed E-state index contributed by atoms with van der Waals surface area (Å²) < 4.78 is 6.35. The highest BCUT2D eigenvalue weighted by Crippen LogP contribution is 2.37. The van der Waals surface area contributed by atoms with Crippen LogP contribution in [-0.4, -0.2) is 22.8 Å². The topological polar surface area (TPSA) is 78.8 Å². The second kappa shape index (κ2) is 5.54. The third kappa shape index (κ3) is 2.45. The third-order valence-electron chi connectivity index (χ3n) is 3.21. The summed E-state index contributed by atoms with van der Waals surface area (Å²) in [7, 11) is 0. The van der Waals surface area contributed by atoms with E-state index in [9.17, 15) is 10.1 Å². The molecule has 3 rings (SSSR count). The van der Waals surface area contributed by atoms with Crippen LogP contribution in [0, 0.1) is 11.3 Å². The average molecular weight is 364 g/mol. The zero-order valence-electron chi connectivity index (χ0n) is 11.1. The molecule has 7 heteroatoms. The van der Waals surface area contributed by atoms with Crippen LogP contribution >= 0.6 is 27.7 Å². The maximum Gasteiger partial charge on any atom is 0.270 e. The van der Waals surface area contributed by atoms with E-state index in [1.54, 1.807) is 0 Å². The molecule has 0 fully saturated rings. The van der Waals surface area contributed by atoms with E-state index >= 15 is 0 Å². The number of ether oxygens (including phenoxy) is 1. The van der Waals surface area contributed by atoms with Crippen LogP contribution < -0.4 is 10.3 Å². The lowest BCUT2D eigenvalue weighted by Gasteiger charge is -2.08. The molecule has 0 aliphatic carbocycles. The van der Waals surface area contributed by atoms with E-state index in [1.807, 2.05) is 24.5 Å². The quantitative estimate of drug-likeness (QED) is 0.655. The molecule has 0 radical (unpaired) electrons. The van der Waals surface area contributed by atoms with Crippen molar-refractivity contribution in [1.29, 1.82) is 5.26 Å². The highest BCUT2D eigenvalue weighted by atomic mass is 79.9. The first-order valence-electron chi connectivity index (χ1n) is 6.18. The monoisotopic (exact) mass is 363 g/mol. The molecule has 1 aliphatic heterocycles. The number of nitrogens with one attached hydrogen (secondary N) is 1. The lowest BCUT2D eigenvalue weighted by Crippen LogP contribution is -2.14. The van der Waals surface area contributed by atoms with E-state index in [-0.39, 0.29) is 5.56 Å². The summed E-state index contributed by atoms with van der Waals surface area (Å²) in [5, 5.41) is 9.72. The second-order valence-electron chi connectivity index (χ2n) is 4.46. The molecule has 2 heterocycles. The summed E-state index contributed by atoms with van der Waals surface area (Å²) >= 11 is 4.80. The maximum absolute atomic E-state index is 12.0. The van der Waals surface area contributed by atoms with Crippen molar-refractivity contribution in [2.45, 2.75) is 11.6 Å². The average Bonchev–Trinajstić information content (AvgIpc) is 2.95. The van der Waals surface area contributed by atoms with E-state index in [0.717, 1.165) is 27.8 Å². The molecule has 2 aromatic rings. The zero-order valence-corrected chi connectivity index (χ0v) is 13.5. The van der Waals surface area contributed by atoms with Gasteiger partial charge in [0.15, 0.2) is 5.16 Å². The summed E-state index contributed by atoms with van der Waals surface area (Å²) in [4.78, 5) is 18.9. The Morgan fingerprint density at radius 1 is 1.52 bits per heavy atom. The van der Waals surface area contributed by atoms with Crippen molar-refractivity contribution in [2.24, 2.45) is 0 Å². The van der Waals surface area contributed by atoms with Crippen LogP contribution in [0.5, 0.6) is 5.75 Å². The van der Waals surface area contributed by atoms with Gasteiger partial charge in [-0.1, -0.05) is 11.8 Å². The van der Waals surface area contributed by atoms with Gasteiger partial charge in [-0.25, -0.2) is 4.98 Å². The number of rotatable bonds is 2. The molecule has 5 nitrogen and oxygen atoms in total. The highest BCUT2D eigenvalue weighted by Gasteiger charge is 2.20. The van der Waals surface area contributed by atoms with Crippen molar-refractivity contribution in [3.05, 3.63) is 38.1 Å². The number of hydrogen-bond donors (Lipinski definition) is 1. The number of aromatic nitrogens is 2. The first-order valence-corrected chi connectivity index (χ1v) is 8.20. The molecule has 1 aromatic carbocycles. The molecule has 0 spiro atoms. The first-order chi connectivity index (χ1) is 10.1. The van der Waals surface area contributed by atoms with Crippen molar-refractivity contribution >= 4 is 27.7 Å². The van der Waals surface area contributed by atoms with Crippen LogP contribution in [0.2, 0.25) is 0 Å². The lowest BCUT2D eigenvalue weighted by atomic mass is 10.0. The Bertz CT molecular complexity index is 826. The Morgan fingerprint density at radius 2 is 2.33 bits per heavy atom. The number of aromatic amines is 1. The SMILES string of the molecule is CSc1nc(-c2cc(Br)c3c(c2)CCO3)c(C#N)c(=O)[nH]1. The van der Waals surface area contributed by atoms with Gasteiger partial charge in [-0.15, -0.1) is 0 Å². The van der Waals surface area contributed by atoms with Crippen molar-refractivity contribution in [2.75, 3.05) is 12.9 Å². The Morgan fingerprint density at radius 3 is 3.05 bits per heavy atom. The molecule has 0 saturated carbocycles. The number of benzene rings is 1. The van der Waals surface area contributed by atoms with E-state index in [4.69, 9.17) is 4.74 Å². The number of H-pyrrole nitrogens is 1. The summed E-state index contributed by atoms with van der Waals surface area (Å²) in [6.45, 7) is 0.640. The Balaban J connectivity index is 2.26. The normalized spacial score (nSPS) is 12.6. The van der Waals surface area contributed by atoms with Crippen LogP contribution in [0.15, 0.2) is 26.6 Å². The van der Waals surface area contributed by atoms with Crippen LogP contribution in [0.1, 0.15) is 11.1 Å². The fourth-order valence-electron chi connectivity index (χ4n) is 2.26. The molecule has 1 aromatic heterocycles. The summed E-state index contributed by atoms with van der Waals surface area (Å²) in [5.74, 6) is 0.826. The molecule has 0 unspecified atom stereocenters. The number of fused-ring (bicyclic) bond motifs is 1. The van der Waals surface area contributed by atoms with Crippen LogP contribution in [0.25, 0.3) is 11.3 Å². The van der Waals surface area contributed by atoms with Crippen molar-refractivity contribution in [1.82, 2.24) is 9.97 Å². The molecule has 21 heavy (non-hydrogen) atoms. The fraction of sp³-hybridized carbons (Fsp3) is 0.214. The molecule has 0 bridgehead atoms. The standard InChI is InChI=1S/C14H10BrN3O2S/c1-21-14-17-11(9(6-16)13(19)18-14)8-4-7-2-3-20-12(7)10(15)5-8/h4-5H,2-3H2,1H3,(H,17,18,19). The zero-order chi connectivity index (χ0) is 15.0. The van der Waals surface area contributed by atoms with E-state index < -0.39 is 5.56 Å². The largest absolute Gasteiger partial charge is 0.492 e. The van der Waals surface area contributed by atoms with Gasteiger partial charge in [0.25, 0.3) is 5.56 Å². The first kappa shape index (κ1) is 14.2. The minimum atomic E-state index is -0.417. The van der Waals surface area contributed by atoms with Gasteiger partial charge in [-0.05, 0) is 39.9 Å². The number of halogens is 1. The highest BCUT2D eigenvalue weighted by molar-refractivity contribution is 9.10. The summed E-state index contributed by atoms with van der Waals surface area (Å²) in [5.41, 5.74) is 1.81. The van der Waals surface area contributed by atoms with Gasteiger partial charge in [-0.3, -0.25) is 4.79 Å². The van der Waals surface area contributed by atoms with Gasteiger partial charge in [0, 0.05) is 12.0 Å². The molecule has 0 amide bonds. The van der Waals surface area contributed by atoms with Crippen LogP contribution in [0.3, 0.4) is 0 Å². The smallest absolute Gasteiger partial charge is 0.270 e. The predicted molar refractivity (Wildman–Crippen MR) is 83.7 cm³/mol. The third-order valence-corrected chi connectivity index (χ3v) is 4.38. The Hall–Kier alpha value is -1.78. The van der Waals surface area contributed by atoms with Gasteiger partial charge >= 0.3 is 0 Å². The van der Waals surface area contributed by atoms with E-state index in [2.05, 4.69) is 25.9 Å². The molecular weight excluding hydrogens is 354 g/mol. The van der Waals surface area contributed by atoms with Crippen molar-refractivity contribution < 1.29 is 4.74 Å². The Labute approximate surface area is 133 Å². The van der Waals surface area contributed by atoms with Crippen LogP contribution in [-0.2, 0) is 6.42 Å². The lowest BCUT2D eigenvalue weighted by molar-refractivity contribution is 0.355. The maximum atomic E-state index is 12.0. The summed E-state index contributed by atoms with van der Waals surface area (Å²) in [6, 6.07) is 5.70.